The van der Waals surface area contributed by atoms with E-state index in [0.717, 1.165) is 37.9 Å². The van der Waals surface area contributed by atoms with Gasteiger partial charge in [0.2, 0.25) is 15.9 Å². The van der Waals surface area contributed by atoms with E-state index in [-0.39, 0.29) is 17.1 Å². The van der Waals surface area contributed by atoms with Crippen LogP contribution in [0, 0.1) is 18.3 Å². The van der Waals surface area contributed by atoms with E-state index in [2.05, 4.69) is 10.6 Å². The number of amides is 1. The molecule has 1 saturated carbocycles. The lowest BCUT2D eigenvalue weighted by Crippen LogP contribution is -2.44. The van der Waals surface area contributed by atoms with Gasteiger partial charge in [0.1, 0.15) is 0 Å². The molecule has 142 valence electrons. The van der Waals surface area contributed by atoms with Crippen molar-refractivity contribution in [1.82, 2.24) is 5.32 Å². The second kappa shape index (κ2) is 6.53. The van der Waals surface area contributed by atoms with Gasteiger partial charge >= 0.3 is 0 Å². The van der Waals surface area contributed by atoms with Crippen LogP contribution in [0.25, 0.3) is 0 Å². The van der Waals surface area contributed by atoms with Crippen LogP contribution in [-0.4, -0.2) is 39.7 Å². The third-order valence-electron chi connectivity index (χ3n) is 6.33. The average molecular weight is 378 g/mol. The minimum Gasteiger partial charge on any atom is -0.325 e. The summed E-state index contributed by atoms with van der Waals surface area (Å²) in [7, 11) is -3.23. The molecule has 0 aromatic heterocycles. The zero-order valence-corrected chi connectivity index (χ0v) is 16.1. The summed E-state index contributed by atoms with van der Waals surface area (Å²) in [6.45, 7) is 4.07. The van der Waals surface area contributed by atoms with E-state index in [9.17, 15) is 13.2 Å². The summed E-state index contributed by atoms with van der Waals surface area (Å²) < 4.78 is 26.0. The van der Waals surface area contributed by atoms with Crippen LogP contribution in [0.1, 0.15) is 37.7 Å². The number of hydrogen-bond acceptors (Lipinski definition) is 4. The van der Waals surface area contributed by atoms with Crippen molar-refractivity contribution in [3.05, 3.63) is 23.8 Å². The van der Waals surface area contributed by atoms with Crippen molar-refractivity contribution in [3.63, 3.8) is 0 Å². The number of nitrogens with zero attached hydrogens (tertiary/aromatic N) is 1. The number of fused-ring (bicyclic) bond motifs is 1. The fourth-order valence-electron chi connectivity index (χ4n) is 4.81. The van der Waals surface area contributed by atoms with Gasteiger partial charge < -0.3 is 10.6 Å². The molecule has 2 heterocycles. The van der Waals surface area contributed by atoms with Gasteiger partial charge in [-0.25, -0.2) is 8.42 Å². The lowest BCUT2D eigenvalue weighted by Gasteiger charge is -2.37. The molecule has 26 heavy (non-hydrogen) atoms. The van der Waals surface area contributed by atoms with Gasteiger partial charge in [0.25, 0.3) is 0 Å². The number of carbonyl (C=O) groups is 1. The number of benzene rings is 1. The van der Waals surface area contributed by atoms with Crippen molar-refractivity contribution in [3.8, 4) is 0 Å². The summed E-state index contributed by atoms with van der Waals surface area (Å²) in [4.78, 5) is 13.1. The molecular formula is C19H27N3O3S. The number of carbonyl (C=O) groups excluding carboxylic acids is 1. The van der Waals surface area contributed by atoms with Gasteiger partial charge in [0.15, 0.2) is 0 Å². The predicted octanol–water partition coefficient (Wildman–Crippen LogP) is 2.25. The molecule has 0 radical (unpaired) electrons. The highest BCUT2D eigenvalue weighted by Crippen LogP contribution is 2.44. The Balaban J connectivity index is 1.59. The summed E-state index contributed by atoms with van der Waals surface area (Å²) >= 11 is 0. The molecule has 1 aromatic rings. The molecular weight excluding hydrogens is 350 g/mol. The highest BCUT2D eigenvalue weighted by Gasteiger charge is 2.49. The minimum absolute atomic E-state index is 0.0753. The Kier molecular flexibility index (Phi) is 4.47. The van der Waals surface area contributed by atoms with Crippen LogP contribution in [0.2, 0.25) is 0 Å². The fourth-order valence-corrected chi connectivity index (χ4v) is 6.43. The van der Waals surface area contributed by atoms with Gasteiger partial charge in [-0.15, -0.1) is 0 Å². The van der Waals surface area contributed by atoms with Crippen molar-refractivity contribution < 1.29 is 13.2 Å². The maximum Gasteiger partial charge on any atom is 0.235 e. The van der Waals surface area contributed by atoms with Crippen molar-refractivity contribution >= 4 is 27.3 Å². The van der Waals surface area contributed by atoms with Gasteiger partial charge in [0.05, 0.1) is 16.9 Å². The van der Waals surface area contributed by atoms with Crippen LogP contribution in [0.4, 0.5) is 11.4 Å². The van der Waals surface area contributed by atoms with Crippen LogP contribution in [0.5, 0.6) is 0 Å². The molecule has 2 N–H and O–H groups in total. The van der Waals surface area contributed by atoms with Gasteiger partial charge in [-0.05, 0) is 56.3 Å². The number of rotatable bonds is 3. The highest BCUT2D eigenvalue weighted by atomic mass is 32.2. The second-order valence-electron chi connectivity index (χ2n) is 7.93. The van der Waals surface area contributed by atoms with Gasteiger partial charge in [0, 0.05) is 18.8 Å². The number of nitrogens with one attached hydrogen (secondary N) is 2. The molecule has 2 aliphatic heterocycles. The number of sulfonamides is 1. The maximum atomic E-state index is 13.1. The summed E-state index contributed by atoms with van der Waals surface area (Å²) in [5.74, 6) is 0.672. The quantitative estimate of drug-likeness (QED) is 0.847. The van der Waals surface area contributed by atoms with Crippen molar-refractivity contribution in [2.45, 2.75) is 39.0 Å². The lowest BCUT2D eigenvalue weighted by atomic mass is 9.67. The lowest BCUT2D eigenvalue weighted by molar-refractivity contribution is -0.128. The molecule has 3 fully saturated rings. The Morgan fingerprint density at radius 2 is 2.15 bits per heavy atom. The summed E-state index contributed by atoms with van der Waals surface area (Å²) in [6, 6.07) is 5.57. The highest BCUT2D eigenvalue weighted by molar-refractivity contribution is 7.93. The first-order chi connectivity index (χ1) is 12.4. The Bertz CT molecular complexity index is 823. The summed E-state index contributed by atoms with van der Waals surface area (Å²) in [6.07, 6.45) is 4.97. The first kappa shape index (κ1) is 17.8. The Morgan fingerprint density at radius 1 is 1.31 bits per heavy atom. The topological polar surface area (TPSA) is 78.5 Å². The van der Waals surface area contributed by atoms with E-state index < -0.39 is 10.0 Å². The largest absolute Gasteiger partial charge is 0.325 e. The molecule has 0 unspecified atom stereocenters. The van der Waals surface area contributed by atoms with Crippen LogP contribution < -0.4 is 14.9 Å². The summed E-state index contributed by atoms with van der Waals surface area (Å²) in [5.41, 5.74) is 1.96. The molecule has 6 nitrogen and oxygen atoms in total. The third-order valence-corrected chi connectivity index (χ3v) is 8.18. The Labute approximate surface area is 155 Å². The van der Waals surface area contributed by atoms with Crippen LogP contribution in [0.3, 0.4) is 0 Å². The van der Waals surface area contributed by atoms with Crippen LogP contribution >= 0.6 is 0 Å². The molecule has 4 rings (SSSR count). The smallest absolute Gasteiger partial charge is 0.235 e. The standard InChI is InChI=1S/C19H27N3O3S/c1-14-6-7-16(11-17(14)22-9-4-10-26(22,24)25)21-18(23)19-8-3-2-5-15(19)12-20-13-19/h6-7,11,15,20H,2-5,8-10,12-13H2,1H3,(H,21,23)/t15-,19+/m0/s1. The van der Waals surface area contributed by atoms with Crippen molar-refractivity contribution in [2.24, 2.45) is 11.3 Å². The van der Waals surface area contributed by atoms with Gasteiger partial charge in [-0.2, -0.15) is 0 Å². The third kappa shape index (κ3) is 2.91. The molecule has 7 heteroatoms. The second-order valence-corrected chi connectivity index (χ2v) is 9.94. The number of anilines is 2. The molecule has 1 aromatic carbocycles. The molecule has 0 bridgehead atoms. The molecule has 1 aliphatic carbocycles. The molecule has 0 spiro atoms. The molecule has 2 saturated heterocycles. The number of aryl methyl sites for hydroxylation is 1. The SMILES string of the molecule is Cc1ccc(NC(=O)[C@@]23CCCC[C@H]2CNC3)cc1N1CCCS1(=O)=O. The van der Waals surface area contributed by atoms with Crippen molar-refractivity contribution in [1.29, 1.82) is 0 Å². The zero-order chi connectivity index (χ0) is 18.4. The minimum atomic E-state index is -3.23. The Morgan fingerprint density at radius 3 is 2.92 bits per heavy atom. The van der Waals surface area contributed by atoms with E-state index in [1.54, 1.807) is 0 Å². The Hall–Kier alpha value is -1.60. The van der Waals surface area contributed by atoms with Crippen molar-refractivity contribution in [2.75, 3.05) is 35.0 Å². The van der Waals surface area contributed by atoms with Crippen LogP contribution in [0.15, 0.2) is 18.2 Å². The van der Waals surface area contributed by atoms with Crippen LogP contribution in [-0.2, 0) is 14.8 Å². The van der Waals surface area contributed by atoms with Gasteiger partial charge in [-0.1, -0.05) is 18.9 Å². The first-order valence-corrected chi connectivity index (χ1v) is 11.2. The predicted molar refractivity (Wildman–Crippen MR) is 103 cm³/mol. The first-order valence-electron chi connectivity index (χ1n) is 9.56. The zero-order valence-electron chi connectivity index (χ0n) is 15.3. The molecule has 3 aliphatic rings. The normalized spacial score (nSPS) is 30.2. The number of hydrogen-bond donors (Lipinski definition) is 2. The average Bonchev–Trinajstić information content (AvgIpc) is 3.20. The van der Waals surface area contributed by atoms with E-state index >= 15 is 0 Å². The molecule has 2 atom stereocenters. The monoisotopic (exact) mass is 377 g/mol. The van der Waals surface area contributed by atoms with E-state index in [1.807, 2.05) is 25.1 Å². The molecule has 1 amide bonds. The fraction of sp³-hybridized carbons (Fsp3) is 0.632. The summed E-state index contributed by atoms with van der Waals surface area (Å²) in [5, 5.41) is 6.49. The van der Waals surface area contributed by atoms with Gasteiger partial charge in [-0.3, -0.25) is 9.10 Å². The van der Waals surface area contributed by atoms with E-state index in [1.165, 1.54) is 10.7 Å². The maximum absolute atomic E-state index is 13.1. The van der Waals surface area contributed by atoms with E-state index in [0.29, 0.717) is 30.3 Å². The van der Waals surface area contributed by atoms with E-state index in [4.69, 9.17) is 0 Å².